The highest BCUT2D eigenvalue weighted by Gasteiger charge is 2.23. The third kappa shape index (κ3) is 3.26. The number of amides is 1. The Morgan fingerprint density at radius 2 is 1.96 bits per heavy atom. The third-order valence-electron chi connectivity index (χ3n) is 3.84. The van der Waals surface area contributed by atoms with Crippen molar-refractivity contribution in [2.24, 2.45) is 0 Å². The average Bonchev–Trinajstić information content (AvgIpc) is 2.82. The number of hydrogen-bond acceptors (Lipinski definition) is 2. The van der Waals surface area contributed by atoms with Crippen LogP contribution in [-0.2, 0) is 17.8 Å². The van der Waals surface area contributed by atoms with Crippen molar-refractivity contribution in [2.45, 2.75) is 26.8 Å². The highest BCUT2D eigenvalue weighted by molar-refractivity contribution is 5.97. The van der Waals surface area contributed by atoms with Crippen molar-refractivity contribution in [3.05, 3.63) is 53.1 Å². The van der Waals surface area contributed by atoms with Crippen LogP contribution < -0.4 is 4.90 Å². The summed E-state index contributed by atoms with van der Waals surface area (Å²) in [5.41, 5.74) is 1.35. The van der Waals surface area contributed by atoms with Crippen LogP contribution in [0.4, 0.5) is 10.1 Å². The second-order valence-electron chi connectivity index (χ2n) is 5.31. The van der Waals surface area contributed by atoms with E-state index in [4.69, 9.17) is 0 Å². The first kappa shape index (κ1) is 16.7. The van der Waals surface area contributed by atoms with Crippen LogP contribution in [0, 0.1) is 12.7 Å². The first-order valence-corrected chi connectivity index (χ1v) is 7.29. The van der Waals surface area contributed by atoms with Crippen LogP contribution in [0.1, 0.15) is 28.5 Å². The molecule has 0 spiro atoms. The maximum Gasteiger partial charge on any atom is 0.337 e. The van der Waals surface area contributed by atoms with Crippen LogP contribution in [-0.4, -0.2) is 28.6 Å². The lowest BCUT2D eigenvalue weighted by Gasteiger charge is -2.19. The zero-order chi connectivity index (χ0) is 17.1. The van der Waals surface area contributed by atoms with Gasteiger partial charge in [0.15, 0.2) is 0 Å². The van der Waals surface area contributed by atoms with Crippen LogP contribution in [0.25, 0.3) is 0 Å². The van der Waals surface area contributed by atoms with Gasteiger partial charge in [-0.05, 0) is 31.5 Å². The second kappa shape index (κ2) is 6.64. The van der Waals surface area contributed by atoms with E-state index in [0.717, 1.165) is 0 Å². The largest absolute Gasteiger partial charge is 0.478 e. The minimum atomic E-state index is -1.06. The van der Waals surface area contributed by atoms with Gasteiger partial charge in [-0.25, -0.2) is 9.18 Å². The molecule has 0 aliphatic rings. The van der Waals surface area contributed by atoms with Gasteiger partial charge in [0.1, 0.15) is 5.82 Å². The lowest BCUT2D eigenvalue weighted by atomic mass is 10.1. The van der Waals surface area contributed by atoms with E-state index in [1.54, 1.807) is 29.8 Å². The number of likely N-dealkylation sites (N-methyl/N-ethyl adjacent to an activating group) is 1. The SMILES string of the molecule is CCn1cc(C)c(C(=O)O)c1CC(=O)N(C)c1ccccc1F. The van der Waals surface area contributed by atoms with E-state index in [-0.39, 0.29) is 23.6 Å². The number of nitrogens with zero attached hydrogens (tertiary/aromatic N) is 2. The molecule has 0 saturated heterocycles. The van der Waals surface area contributed by atoms with E-state index in [1.165, 1.54) is 24.1 Å². The Morgan fingerprint density at radius 1 is 1.30 bits per heavy atom. The van der Waals surface area contributed by atoms with Crippen molar-refractivity contribution in [1.29, 1.82) is 0 Å². The number of carboxylic acid groups (broad SMARTS) is 1. The molecule has 23 heavy (non-hydrogen) atoms. The van der Waals surface area contributed by atoms with E-state index in [1.807, 2.05) is 6.92 Å². The molecule has 1 aromatic carbocycles. The summed E-state index contributed by atoms with van der Waals surface area (Å²) in [6, 6.07) is 5.98. The summed E-state index contributed by atoms with van der Waals surface area (Å²) in [4.78, 5) is 25.1. The van der Waals surface area contributed by atoms with Crippen LogP contribution >= 0.6 is 0 Å². The summed E-state index contributed by atoms with van der Waals surface area (Å²) < 4.78 is 15.5. The predicted molar refractivity (Wildman–Crippen MR) is 85.3 cm³/mol. The van der Waals surface area contributed by atoms with Gasteiger partial charge >= 0.3 is 5.97 Å². The molecule has 1 amide bonds. The number of carbonyl (C=O) groups is 2. The topological polar surface area (TPSA) is 62.5 Å². The third-order valence-corrected chi connectivity index (χ3v) is 3.84. The Kier molecular flexibility index (Phi) is 4.83. The lowest BCUT2D eigenvalue weighted by Crippen LogP contribution is -2.30. The smallest absolute Gasteiger partial charge is 0.337 e. The molecule has 1 heterocycles. The number of carboxylic acids is 1. The number of anilines is 1. The maximum absolute atomic E-state index is 13.8. The molecule has 6 heteroatoms. The summed E-state index contributed by atoms with van der Waals surface area (Å²) >= 11 is 0. The Morgan fingerprint density at radius 3 is 2.52 bits per heavy atom. The number of aromatic nitrogens is 1. The number of aryl methyl sites for hydroxylation is 2. The Balaban J connectivity index is 2.34. The van der Waals surface area contributed by atoms with Gasteiger partial charge < -0.3 is 14.6 Å². The highest BCUT2D eigenvalue weighted by atomic mass is 19.1. The fourth-order valence-electron chi connectivity index (χ4n) is 2.63. The molecule has 0 saturated carbocycles. The maximum atomic E-state index is 13.8. The van der Waals surface area contributed by atoms with Crippen LogP contribution in [0.5, 0.6) is 0 Å². The first-order chi connectivity index (χ1) is 10.9. The summed E-state index contributed by atoms with van der Waals surface area (Å²) in [5, 5.41) is 9.37. The van der Waals surface area contributed by atoms with Gasteiger partial charge in [-0.1, -0.05) is 12.1 Å². The van der Waals surface area contributed by atoms with E-state index in [0.29, 0.717) is 17.8 Å². The monoisotopic (exact) mass is 318 g/mol. The molecular weight excluding hydrogens is 299 g/mol. The summed E-state index contributed by atoms with van der Waals surface area (Å²) in [5.74, 6) is -1.93. The van der Waals surface area contributed by atoms with Gasteiger partial charge in [-0.2, -0.15) is 0 Å². The Hall–Kier alpha value is -2.63. The van der Waals surface area contributed by atoms with Crippen molar-refractivity contribution in [2.75, 3.05) is 11.9 Å². The van der Waals surface area contributed by atoms with E-state index in [2.05, 4.69) is 0 Å². The molecule has 1 aromatic heterocycles. The van der Waals surface area contributed by atoms with Gasteiger partial charge in [0, 0.05) is 25.5 Å². The van der Waals surface area contributed by atoms with E-state index >= 15 is 0 Å². The fourth-order valence-corrected chi connectivity index (χ4v) is 2.63. The molecule has 0 fully saturated rings. The molecule has 0 aliphatic carbocycles. The van der Waals surface area contributed by atoms with Crippen LogP contribution in [0.3, 0.4) is 0 Å². The molecule has 2 rings (SSSR count). The second-order valence-corrected chi connectivity index (χ2v) is 5.31. The predicted octanol–water partition coefficient (Wildman–Crippen LogP) is 2.86. The van der Waals surface area contributed by atoms with Crippen molar-refractivity contribution in [1.82, 2.24) is 4.57 Å². The molecule has 2 aromatic rings. The van der Waals surface area contributed by atoms with Gasteiger partial charge in [0.05, 0.1) is 17.7 Å². The molecule has 0 unspecified atom stereocenters. The molecule has 0 radical (unpaired) electrons. The van der Waals surface area contributed by atoms with Crippen LogP contribution in [0.2, 0.25) is 0 Å². The number of rotatable bonds is 5. The lowest BCUT2D eigenvalue weighted by molar-refractivity contribution is -0.117. The Labute approximate surface area is 134 Å². The summed E-state index contributed by atoms with van der Waals surface area (Å²) in [7, 11) is 1.48. The zero-order valence-corrected chi connectivity index (χ0v) is 13.3. The quantitative estimate of drug-likeness (QED) is 0.922. The summed E-state index contributed by atoms with van der Waals surface area (Å²) in [6.07, 6.45) is 1.61. The fraction of sp³-hybridized carbons (Fsp3) is 0.294. The van der Waals surface area contributed by atoms with E-state index < -0.39 is 11.8 Å². The van der Waals surface area contributed by atoms with Gasteiger partial charge in [0.25, 0.3) is 0 Å². The molecule has 0 aliphatic heterocycles. The summed E-state index contributed by atoms with van der Waals surface area (Å²) in [6.45, 7) is 4.13. The number of hydrogen-bond donors (Lipinski definition) is 1. The van der Waals surface area contributed by atoms with Crippen molar-refractivity contribution in [3.63, 3.8) is 0 Å². The van der Waals surface area contributed by atoms with Crippen molar-refractivity contribution in [3.8, 4) is 0 Å². The first-order valence-electron chi connectivity index (χ1n) is 7.29. The molecule has 122 valence electrons. The van der Waals surface area contributed by atoms with Crippen molar-refractivity contribution < 1.29 is 19.1 Å². The minimum absolute atomic E-state index is 0.103. The van der Waals surface area contributed by atoms with E-state index in [9.17, 15) is 19.1 Å². The van der Waals surface area contributed by atoms with Gasteiger partial charge in [-0.3, -0.25) is 4.79 Å². The number of halogens is 1. The number of para-hydroxylation sites is 1. The number of aromatic carboxylic acids is 1. The zero-order valence-electron chi connectivity index (χ0n) is 13.3. The van der Waals surface area contributed by atoms with Gasteiger partial charge in [-0.15, -0.1) is 0 Å². The van der Waals surface area contributed by atoms with Crippen LogP contribution in [0.15, 0.2) is 30.5 Å². The minimum Gasteiger partial charge on any atom is -0.478 e. The standard InChI is InChI=1S/C17H19FN2O3/c1-4-20-10-11(2)16(17(22)23)14(20)9-15(21)19(3)13-8-6-5-7-12(13)18/h5-8,10H,4,9H2,1-3H3,(H,22,23). The number of benzene rings is 1. The molecule has 1 N–H and O–H groups in total. The molecule has 0 bridgehead atoms. The van der Waals surface area contributed by atoms with Crippen molar-refractivity contribution >= 4 is 17.6 Å². The number of carbonyl (C=O) groups excluding carboxylic acids is 1. The molecule has 0 atom stereocenters. The average molecular weight is 318 g/mol. The van der Waals surface area contributed by atoms with Gasteiger partial charge in [0.2, 0.25) is 5.91 Å². The molecular formula is C17H19FN2O3. The molecule has 5 nitrogen and oxygen atoms in total. The highest BCUT2D eigenvalue weighted by Crippen LogP contribution is 2.21. The normalized spacial score (nSPS) is 10.6. The Bertz CT molecular complexity index is 752.